The molecule has 0 bridgehead atoms. The fourth-order valence-electron chi connectivity index (χ4n) is 2.87. The first-order valence-corrected chi connectivity index (χ1v) is 6.84. The number of amides is 1. The fourth-order valence-corrected chi connectivity index (χ4v) is 2.87. The molecule has 2 rings (SSSR count). The Morgan fingerprint density at radius 1 is 1.35 bits per heavy atom. The van der Waals surface area contributed by atoms with Gasteiger partial charge in [-0.1, -0.05) is 6.42 Å². The zero-order chi connectivity index (χ0) is 12.3. The molecule has 4 heteroatoms. The van der Waals surface area contributed by atoms with Crippen LogP contribution in [-0.2, 0) is 9.53 Å². The van der Waals surface area contributed by atoms with E-state index in [1.807, 2.05) is 6.92 Å². The number of carbonyl (C=O) groups excluding carboxylic acids is 1. The molecule has 1 heterocycles. The topological polar surface area (TPSA) is 64.4 Å². The first-order chi connectivity index (χ1) is 8.15. The molecule has 17 heavy (non-hydrogen) atoms. The lowest BCUT2D eigenvalue weighted by Crippen LogP contribution is -2.40. The van der Waals surface area contributed by atoms with E-state index in [0.29, 0.717) is 12.0 Å². The quantitative estimate of drug-likeness (QED) is 0.779. The molecule has 1 aliphatic heterocycles. The number of hydrogen-bond donors (Lipinski definition) is 2. The second-order valence-corrected chi connectivity index (χ2v) is 5.55. The summed E-state index contributed by atoms with van der Waals surface area (Å²) in [5.41, 5.74) is 5.93. The highest BCUT2D eigenvalue weighted by atomic mass is 16.5. The highest BCUT2D eigenvalue weighted by Crippen LogP contribution is 2.23. The molecular formula is C13H24N2O2. The van der Waals surface area contributed by atoms with Crippen molar-refractivity contribution in [2.75, 3.05) is 6.54 Å². The minimum atomic E-state index is -0.220. The van der Waals surface area contributed by atoms with E-state index >= 15 is 0 Å². The summed E-state index contributed by atoms with van der Waals surface area (Å²) in [6, 6.07) is 0.327. The first kappa shape index (κ1) is 12.8. The molecule has 0 aromatic rings. The molecule has 1 amide bonds. The second kappa shape index (κ2) is 5.83. The molecule has 4 unspecified atom stereocenters. The Hall–Kier alpha value is -0.610. The number of carbonyl (C=O) groups is 1. The van der Waals surface area contributed by atoms with Gasteiger partial charge in [0.2, 0.25) is 5.91 Å². The Balaban J connectivity index is 1.69. The Morgan fingerprint density at radius 2 is 2.18 bits per heavy atom. The largest absolute Gasteiger partial charge is 0.365 e. The van der Waals surface area contributed by atoms with E-state index in [9.17, 15) is 4.79 Å². The van der Waals surface area contributed by atoms with E-state index in [4.69, 9.17) is 10.5 Å². The van der Waals surface area contributed by atoms with E-state index in [1.165, 1.54) is 12.8 Å². The predicted molar refractivity (Wildman–Crippen MR) is 66.5 cm³/mol. The summed E-state index contributed by atoms with van der Waals surface area (Å²) in [6.45, 7) is 2.79. The maximum absolute atomic E-state index is 11.8. The molecule has 4 nitrogen and oxygen atoms in total. The van der Waals surface area contributed by atoms with Gasteiger partial charge in [0.15, 0.2) is 0 Å². The zero-order valence-corrected chi connectivity index (χ0v) is 10.7. The van der Waals surface area contributed by atoms with Crippen LogP contribution in [0.3, 0.4) is 0 Å². The van der Waals surface area contributed by atoms with Crippen molar-refractivity contribution >= 4 is 5.91 Å². The Morgan fingerprint density at radius 3 is 2.82 bits per heavy atom. The van der Waals surface area contributed by atoms with E-state index in [0.717, 1.165) is 32.2 Å². The second-order valence-electron chi connectivity index (χ2n) is 5.55. The minimum absolute atomic E-state index is 0.0634. The maximum Gasteiger partial charge on any atom is 0.249 e. The molecule has 2 aliphatic rings. The van der Waals surface area contributed by atoms with Gasteiger partial charge >= 0.3 is 0 Å². The van der Waals surface area contributed by atoms with Gasteiger partial charge in [0.05, 0.1) is 6.10 Å². The molecule has 1 aliphatic carbocycles. The Bertz CT molecular complexity index is 270. The van der Waals surface area contributed by atoms with Gasteiger partial charge in [-0.15, -0.1) is 0 Å². The molecule has 0 radical (unpaired) electrons. The van der Waals surface area contributed by atoms with Crippen LogP contribution in [0.4, 0.5) is 0 Å². The van der Waals surface area contributed by atoms with Crippen LogP contribution in [0.2, 0.25) is 0 Å². The summed E-state index contributed by atoms with van der Waals surface area (Å²) in [6.07, 6.45) is 6.42. The summed E-state index contributed by atoms with van der Waals surface area (Å²) in [7, 11) is 0. The van der Waals surface area contributed by atoms with Crippen molar-refractivity contribution in [3.8, 4) is 0 Å². The van der Waals surface area contributed by atoms with Crippen LogP contribution in [0, 0.1) is 5.92 Å². The van der Waals surface area contributed by atoms with Crippen LogP contribution in [-0.4, -0.2) is 30.7 Å². The third-order valence-electron chi connectivity index (χ3n) is 3.91. The van der Waals surface area contributed by atoms with E-state index in [-0.39, 0.29) is 18.1 Å². The predicted octanol–water partition coefficient (Wildman–Crippen LogP) is 1.19. The van der Waals surface area contributed by atoms with Crippen molar-refractivity contribution < 1.29 is 9.53 Å². The van der Waals surface area contributed by atoms with Crippen LogP contribution < -0.4 is 11.1 Å². The average Bonchev–Trinajstić information content (AvgIpc) is 2.73. The fraction of sp³-hybridized carbons (Fsp3) is 0.923. The zero-order valence-electron chi connectivity index (χ0n) is 10.7. The smallest absolute Gasteiger partial charge is 0.249 e. The van der Waals surface area contributed by atoms with Crippen molar-refractivity contribution in [2.24, 2.45) is 11.7 Å². The summed E-state index contributed by atoms with van der Waals surface area (Å²) in [5, 5.41) is 3.02. The molecule has 2 fully saturated rings. The first-order valence-electron chi connectivity index (χ1n) is 6.84. The third kappa shape index (κ3) is 3.68. The molecule has 3 N–H and O–H groups in total. The van der Waals surface area contributed by atoms with E-state index < -0.39 is 0 Å². The molecule has 1 saturated carbocycles. The SMILES string of the molecule is CC1CCC(C(=O)NCC2CCCC(N)C2)O1. The summed E-state index contributed by atoms with van der Waals surface area (Å²) in [4.78, 5) is 11.8. The molecular weight excluding hydrogens is 216 g/mol. The van der Waals surface area contributed by atoms with Crippen LogP contribution in [0.25, 0.3) is 0 Å². The lowest BCUT2D eigenvalue weighted by Gasteiger charge is -2.27. The molecule has 1 saturated heterocycles. The highest BCUT2D eigenvalue weighted by molar-refractivity contribution is 5.81. The summed E-state index contributed by atoms with van der Waals surface area (Å²) >= 11 is 0. The monoisotopic (exact) mass is 240 g/mol. The van der Waals surface area contributed by atoms with Gasteiger partial charge in [-0.3, -0.25) is 4.79 Å². The van der Waals surface area contributed by atoms with Gasteiger partial charge in [0, 0.05) is 12.6 Å². The lowest BCUT2D eigenvalue weighted by atomic mass is 9.86. The van der Waals surface area contributed by atoms with Gasteiger partial charge in [-0.25, -0.2) is 0 Å². The van der Waals surface area contributed by atoms with Gasteiger partial charge in [0.25, 0.3) is 0 Å². The minimum Gasteiger partial charge on any atom is -0.365 e. The normalized spacial score (nSPS) is 38.0. The number of nitrogens with one attached hydrogen (secondary N) is 1. The number of ether oxygens (including phenoxy) is 1. The lowest BCUT2D eigenvalue weighted by molar-refractivity contribution is -0.131. The average molecular weight is 240 g/mol. The highest BCUT2D eigenvalue weighted by Gasteiger charge is 2.28. The standard InChI is InChI=1S/C13H24N2O2/c1-9-5-6-12(17-9)13(16)15-8-10-3-2-4-11(14)7-10/h9-12H,2-8,14H2,1H3,(H,15,16). The van der Waals surface area contributed by atoms with Gasteiger partial charge in [0.1, 0.15) is 6.10 Å². The van der Waals surface area contributed by atoms with Crippen LogP contribution in [0.15, 0.2) is 0 Å². The van der Waals surface area contributed by atoms with Crippen molar-refractivity contribution in [1.29, 1.82) is 0 Å². The Labute approximate surface area is 103 Å². The summed E-state index contributed by atoms with van der Waals surface area (Å²) in [5.74, 6) is 0.620. The molecule has 0 aromatic heterocycles. The third-order valence-corrected chi connectivity index (χ3v) is 3.91. The summed E-state index contributed by atoms with van der Waals surface area (Å²) < 4.78 is 5.55. The van der Waals surface area contributed by atoms with E-state index in [1.54, 1.807) is 0 Å². The number of hydrogen-bond acceptors (Lipinski definition) is 3. The van der Waals surface area contributed by atoms with Crippen molar-refractivity contribution in [2.45, 2.75) is 63.7 Å². The van der Waals surface area contributed by atoms with Crippen molar-refractivity contribution in [1.82, 2.24) is 5.32 Å². The Kier molecular flexibility index (Phi) is 4.40. The van der Waals surface area contributed by atoms with Crippen molar-refractivity contribution in [3.05, 3.63) is 0 Å². The maximum atomic E-state index is 11.8. The van der Waals surface area contributed by atoms with E-state index in [2.05, 4.69) is 5.32 Å². The van der Waals surface area contributed by atoms with Crippen LogP contribution >= 0.6 is 0 Å². The molecule has 98 valence electrons. The van der Waals surface area contributed by atoms with Gasteiger partial charge < -0.3 is 15.8 Å². The number of nitrogens with two attached hydrogens (primary N) is 1. The molecule has 4 atom stereocenters. The molecule has 0 aromatic carbocycles. The molecule has 0 spiro atoms. The van der Waals surface area contributed by atoms with Crippen LogP contribution in [0.1, 0.15) is 45.4 Å². The number of rotatable bonds is 3. The van der Waals surface area contributed by atoms with Crippen LogP contribution in [0.5, 0.6) is 0 Å². The van der Waals surface area contributed by atoms with Gasteiger partial charge in [-0.05, 0) is 44.9 Å². The van der Waals surface area contributed by atoms with Gasteiger partial charge in [-0.2, -0.15) is 0 Å². The van der Waals surface area contributed by atoms with Crippen molar-refractivity contribution in [3.63, 3.8) is 0 Å².